The first-order chi connectivity index (χ1) is 9.11. The van der Waals surface area contributed by atoms with Gasteiger partial charge in [0.2, 0.25) is 0 Å². The van der Waals surface area contributed by atoms with Gasteiger partial charge in [0.15, 0.2) is 0 Å². The van der Waals surface area contributed by atoms with Crippen LogP contribution >= 0.6 is 0 Å². The zero-order valence-electron chi connectivity index (χ0n) is 13.5. The first-order valence-corrected chi connectivity index (χ1v) is 4.16. The lowest BCUT2D eigenvalue weighted by atomic mass is 10.2. The Bertz CT molecular complexity index is 598. The Morgan fingerprint density at radius 2 is 1.87 bits per heavy atom. The summed E-state index contributed by atoms with van der Waals surface area (Å²) in [4.78, 5) is 24.5. The lowest BCUT2D eigenvalue weighted by Crippen LogP contribution is -2.33. The third-order valence-corrected chi connectivity index (χ3v) is 1.69. The van der Waals surface area contributed by atoms with E-state index in [9.17, 15) is 9.59 Å². The molecule has 0 spiro atoms. The van der Waals surface area contributed by atoms with Gasteiger partial charge in [0.1, 0.15) is 0 Å². The summed E-state index contributed by atoms with van der Waals surface area (Å²) in [5.74, 6) is -1.64. The molecule has 0 aliphatic heterocycles. The van der Waals surface area contributed by atoms with Gasteiger partial charge in [0.25, 0.3) is 11.8 Å². The Kier molecular flexibility index (Phi) is 1.78. The maximum absolute atomic E-state index is 12.1. The molecule has 0 radical (unpaired) electrons. The second kappa shape index (κ2) is 4.55. The van der Waals surface area contributed by atoms with Gasteiger partial charge in [-0.15, -0.1) is 0 Å². The number of benzene rings is 1. The lowest BCUT2D eigenvalue weighted by Gasteiger charge is -2.14. The van der Waals surface area contributed by atoms with Gasteiger partial charge >= 0.3 is 0 Å². The Morgan fingerprint density at radius 1 is 1.33 bits per heavy atom. The van der Waals surface area contributed by atoms with E-state index in [1.54, 1.807) is 0 Å². The van der Waals surface area contributed by atoms with Crippen molar-refractivity contribution >= 4 is 11.8 Å². The zero-order valence-corrected chi connectivity index (χ0v) is 8.47. The van der Waals surface area contributed by atoms with E-state index in [1.807, 2.05) is 0 Å². The van der Waals surface area contributed by atoms with Crippen molar-refractivity contribution in [3.8, 4) is 0 Å². The molecular weight excluding hydrogens is 190 g/mol. The molecule has 15 heavy (non-hydrogen) atoms. The molecule has 1 aromatic carbocycles. The molecule has 0 saturated heterocycles. The molecule has 2 amide bonds. The summed E-state index contributed by atoms with van der Waals surface area (Å²) in [6, 6.07) is -3.11. The maximum Gasteiger partial charge on any atom is 0.260 e. The Balaban J connectivity index is 3.45. The molecule has 0 unspecified atom stereocenters. The summed E-state index contributed by atoms with van der Waals surface area (Å²) in [6.07, 6.45) is 0. The van der Waals surface area contributed by atoms with Gasteiger partial charge in [-0.05, 0) is 19.0 Å². The van der Waals surface area contributed by atoms with Crippen LogP contribution in [0.4, 0.5) is 0 Å². The predicted molar refractivity (Wildman–Crippen MR) is 58.4 cm³/mol. The van der Waals surface area contributed by atoms with Crippen molar-refractivity contribution in [2.24, 2.45) is 0 Å². The van der Waals surface area contributed by atoms with Crippen LogP contribution in [-0.2, 0) is 4.79 Å². The number of carbonyl (C=O) groups excluding carboxylic acids is 2. The average molecular weight is 208 g/mol. The first kappa shape index (κ1) is 5.85. The SMILES string of the molecule is [2H]c1c([2H])c([2H])c(C(=O)N(C)C(=O)C(=C)C)c([2H])c1[2H]. The fourth-order valence-corrected chi connectivity index (χ4v) is 0.903. The van der Waals surface area contributed by atoms with E-state index in [-0.39, 0.29) is 5.57 Å². The van der Waals surface area contributed by atoms with E-state index in [2.05, 4.69) is 6.58 Å². The van der Waals surface area contributed by atoms with Crippen molar-refractivity contribution in [1.82, 2.24) is 4.90 Å². The largest absolute Gasteiger partial charge is 0.278 e. The predicted octanol–water partition coefficient (Wildman–Crippen LogP) is 1.86. The molecule has 1 rings (SSSR count). The van der Waals surface area contributed by atoms with Gasteiger partial charge in [-0.25, -0.2) is 0 Å². The van der Waals surface area contributed by atoms with Crippen molar-refractivity contribution in [1.29, 1.82) is 0 Å². The summed E-state index contributed by atoms with van der Waals surface area (Å²) in [5.41, 5.74) is -0.429. The van der Waals surface area contributed by atoms with Crippen LogP contribution in [0.15, 0.2) is 42.4 Å². The zero-order chi connectivity index (χ0) is 15.8. The normalized spacial score (nSPS) is 14.1. The Morgan fingerprint density at radius 3 is 2.33 bits per heavy atom. The number of imide groups is 1. The van der Waals surface area contributed by atoms with Crippen LogP contribution in [0.5, 0.6) is 0 Å². The van der Waals surface area contributed by atoms with Crippen molar-refractivity contribution in [2.45, 2.75) is 6.92 Å². The highest BCUT2D eigenvalue weighted by Gasteiger charge is 2.18. The molecule has 78 valence electrons. The van der Waals surface area contributed by atoms with E-state index in [1.165, 1.54) is 14.0 Å². The third-order valence-electron chi connectivity index (χ3n) is 1.69. The fourth-order valence-electron chi connectivity index (χ4n) is 0.903. The summed E-state index contributed by atoms with van der Waals surface area (Å²) >= 11 is 0. The quantitative estimate of drug-likeness (QED) is 0.696. The van der Waals surface area contributed by atoms with Gasteiger partial charge in [-0.3, -0.25) is 14.5 Å². The molecule has 0 atom stereocenters. The molecular formula is C12H13NO2. The number of hydrogen-bond acceptors (Lipinski definition) is 2. The van der Waals surface area contributed by atoms with Gasteiger partial charge in [-0.1, -0.05) is 24.7 Å². The molecule has 0 bridgehead atoms. The van der Waals surface area contributed by atoms with E-state index < -0.39 is 47.6 Å². The molecule has 0 fully saturated rings. The van der Waals surface area contributed by atoms with Crippen molar-refractivity contribution in [2.75, 3.05) is 7.05 Å². The minimum Gasteiger partial charge on any atom is -0.278 e. The minimum atomic E-state index is -0.963. The van der Waals surface area contributed by atoms with E-state index in [4.69, 9.17) is 6.85 Å². The van der Waals surface area contributed by atoms with Gasteiger partial charge in [0, 0.05) is 18.2 Å². The van der Waals surface area contributed by atoms with Crippen molar-refractivity contribution in [3.05, 3.63) is 47.9 Å². The van der Waals surface area contributed by atoms with Crippen LogP contribution in [0.25, 0.3) is 0 Å². The topological polar surface area (TPSA) is 37.4 Å². The van der Waals surface area contributed by atoms with Crippen LogP contribution in [-0.4, -0.2) is 23.8 Å². The van der Waals surface area contributed by atoms with Crippen LogP contribution in [0.3, 0.4) is 0 Å². The lowest BCUT2D eigenvalue weighted by molar-refractivity contribution is -0.123. The summed E-state index contributed by atoms with van der Waals surface area (Å²) in [7, 11) is 1.17. The smallest absolute Gasteiger partial charge is 0.260 e. The fraction of sp³-hybridized carbons (Fsp3) is 0.167. The van der Waals surface area contributed by atoms with E-state index >= 15 is 0 Å². The standard InChI is InChI=1S/C12H13NO2/c1-9(2)11(14)13(3)12(15)10-7-5-4-6-8-10/h4-8H,1H2,2-3H3/i4D,5D,6D,7D,8D. The van der Waals surface area contributed by atoms with Gasteiger partial charge in [-0.2, -0.15) is 0 Å². The summed E-state index contributed by atoms with van der Waals surface area (Å²) in [6.45, 7) is 4.82. The van der Waals surface area contributed by atoms with Crippen LogP contribution in [0, 0.1) is 0 Å². The van der Waals surface area contributed by atoms with Crippen LogP contribution < -0.4 is 0 Å². The number of amides is 2. The number of rotatable bonds is 2. The highest BCUT2D eigenvalue weighted by molar-refractivity contribution is 6.09. The van der Waals surface area contributed by atoms with Crippen molar-refractivity contribution in [3.63, 3.8) is 0 Å². The van der Waals surface area contributed by atoms with E-state index in [0.29, 0.717) is 4.90 Å². The molecule has 0 heterocycles. The molecule has 0 aromatic heterocycles. The van der Waals surface area contributed by atoms with Crippen molar-refractivity contribution < 1.29 is 16.4 Å². The van der Waals surface area contributed by atoms with Gasteiger partial charge in [0.05, 0.1) is 6.85 Å². The average Bonchev–Trinajstić information content (AvgIpc) is 2.41. The Hall–Kier alpha value is -1.90. The maximum atomic E-state index is 12.1. The monoisotopic (exact) mass is 208 g/mol. The molecule has 3 heteroatoms. The number of nitrogens with zero attached hydrogens (tertiary/aromatic N) is 1. The first-order valence-electron chi connectivity index (χ1n) is 6.66. The molecule has 0 aliphatic rings. The summed E-state index contributed by atoms with van der Waals surface area (Å²) < 4.78 is 37.7. The second-order valence-corrected chi connectivity index (χ2v) is 2.95. The number of likely N-dealkylation sites (N-methyl/N-ethyl adjacent to an activating group) is 1. The summed E-state index contributed by atoms with van der Waals surface area (Å²) in [5, 5.41) is 0. The van der Waals surface area contributed by atoms with Crippen LogP contribution in [0.1, 0.15) is 24.1 Å². The molecule has 3 nitrogen and oxygen atoms in total. The Labute approximate surface area is 96.0 Å². The highest BCUT2D eigenvalue weighted by atomic mass is 16.2. The van der Waals surface area contributed by atoms with Gasteiger partial charge < -0.3 is 0 Å². The molecule has 0 aliphatic carbocycles. The third kappa shape index (κ3) is 2.53. The molecule has 1 aromatic rings. The number of hydrogen-bond donors (Lipinski definition) is 0. The minimum absolute atomic E-state index is 0.105. The van der Waals surface area contributed by atoms with E-state index in [0.717, 1.165) is 0 Å². The second-order valence-electron chi connectivity index (χ2n) is 2.95. The number of carbonyl (C=O) groups is 2. The molecule has 0 N–H and O–H groups in total. The highest BCUT2D eigenvalue weighted by Crippen LogP contribution is 2.05. The molecule has 0 saturated carbocycles. The van der Waals surface area contributed by atoms with Crippen LogP contribution in [0.2, 0.25) is 0 Å².